The van der Waals surface area contributed by atoms with E-state index in [4.69, 9.17) is 5.84 Å². The van der Waals surface area contributed by atoms with Gasteiger partial charge >= 0.3 is 0 Å². The van der Waals surface area contributed by atoms with Crippen molar-refractivity contribution in [3.63, 3.8) is 0 Å². The number of allylic oxidation sites excluding steroid dienone is 4. The summed E-state index contributed by atoms with van der Waals surface area (Å²) in [7, 11) is 0. The van der Waals surface area contributed by atoms with Gasteiger partial charge in [-0.3, -0.25) is 5.01 Å². The van der Waals surface area contributed by atoms with Crippen molar-refractivity contribution in [1.82, 2.24) is 0 Å². The molecule has 0 fully saturated rings. The monoisotopic (exact) mass is 200 g/mol. The van der Waals surface area contributed by atoms with Gasteiger partial charge in [0.2, 0.25) is 0 Å². The minimum atomic E-state index is 0.932. The summed E-state index contributed by atoms with van der Waals surface area (Å²) in [5.41, 5.74) is 1.89. The molecule has 0 aromatic heterocycles. The molecule has 0 aliphatic carbocycles. The predicted molar refractivity (Wildman–Crippen MR) is 66.2 cm³/mol. The Hall–Kier alpha value is -1.80. The summed E-state index contributed by atoms with van der Waals surface area (Å²) in [4.78, 5) is 0. The average Bonchev–Trinajstić information content (AvgIpc) is 2.31. The minimum Gasteiger partial charge on any atom is -0.280 e. The van der Waals surface area contributed by atoms with E-state index in [-0.39, 0.29) is 0 Å². The van der Waals surface area contributed by atoms with Gasteiger partial charge in [-0.2, -0.15) is 0 Å². The molecule has 2 heteroatoms. The molecule has 2 N–H and O–H groups in total. The normalized spacial score (nSPS) is 11.7. The third-order valence-corrected chi connectivity index (χ3v) is 2.01. The number of anilines is 1. The van der Waals surface area contributed by atoms with Crippen molar-refractivity contribution in [2.45, 2.75) is 6.92 Å². The van der Waals surface area contributed by atoms with E-state index in [1.165, 1.54) is 0 Å². The smallest absolute Gasteiger partial charge is 0.0575 e. The van der Waals surface area contributed by atoms with Crippen LogP contribution in [0.15, 0.2) is 66.9 Å². The minimum absolute atomic E-state index is 0.932. The van der Waals surface area contributed by atoms with E-state index >= 15 is 0 Å². The Morgan fingerprint density at radius 3 is 2.53 bits per heavy atom. The fourth-order valence-corrected chi connectivity index (χ4v) is 1.22. The third-order valence-electron chi connectivity index (χ3n) is 2.01. The highest BCUT2D eigenvalue weighted by molar-refractivity contribution is 5.52. The highest BCUT2D eigenvalue weighted by Crippen LogP contribution is 2.15. The fourth-order valence-electron chi connectivity index (χ4n) is 1.22. The maximum absolute atomic E-state index is 5.97. The fraction of sp³-hybridized carbons (Fsp3) is 0.0769. The molecule has 0 spiro atoms. The van der Waals surface area contributed by atoms with E-state index in [2.05, 4.69) is 6.58 Å². The van der Waals surface area contributed by atoms with Crippen molar-refractivity contribution in [3.8, 4) is 0 Å². The van der Waals surface area contributed by atoms with Crippen molar-refractivity contribution in [1.29, 1.82) is 0 Å². The van der Waals surface area contributed by atoms with Crippen LogP contribution in [0, 0.1) is 0 Å². The second kappa shape index (κ2) is 5.83. The van der Waals surface area contributed by atoms with Crippen LogP contribution in [0.25, 0.3) is 0 Å². The molecule has 0 atom stereocenters. The lowest BCUT2D eigenvalue weighted by Crippen LogP contribution is -2.28. The van der Waals surface area contributed by atoms with Crippen molar-refractivity contribution in [3.05, 3.63) is 66.9 Å². The zero-order chi connectivity index (χ0) is 11.1. The first-order chi connectivity index (χ1) is 7.29. The molecule has 0 heterocycles. The molecule has 1 aromatic carbocycles. The topological polar surface area (TPSA) is 29.3 Å². The zero-order valence-corrected chi connectivity index (χ0v) is 8.93. The molecule has 0 bridgehead atoms. The second-order valence-corrected chi connectivity index (χ2v) is 3.01. The molecule has 0 aliphatic rings. The van der Waals surface area contributed by atoms with Crippen molar-refractivity contribution in [2.75, 3.05) is 5.01 Å². The van der Waals surface area contributed by atoms with Gasteiger partial charge in [0.25, 0.3) is 0 Å². The Morgan fingerprint density at radius 1 is 1.33 bits per heavy atom. The van der Waals surface area contributed by atoms with Crippen molar-refractivity contribution >= 4 is 5.69 Å². The van der Waals surface area contributed by atoms with Gasteiger partial charge in [-0.15, -0.1) is 0 Å². The maximum atomic E-state index is 5.97. The van der Waals surface area contributed by atoms with Gasteiger partial charge in [0, 0.05) is 0 Å². The van der Waals surface area contributed by atoms with Gasteiger partial charge < -0.3 is 0 Å². The number of benzene rings is 1. The summed E-state index contributed by atoms with van der Waals surface area (Å²) in [5.74, 6) is 5.97. The van der Waals surface area contributed by atoms with E-state index in [1.807, 2.05) is 55.5 Å². The van der Waals surface area contributed by atoms with Crippen LogP contribution in [0.2, 0.25) is 0 Å². The van der Waals surface area contributed by atoms with Gasteiger partial charge in [0.05, 0.1) is 11.4 Å². The summed E-state index contributed by atoms with van der Waals surface area (Å²) in [6, 6.07) is 9.81. The highest BCUT2D eigenvalue weighted by atomic mass is 15.4. The third kappa shape index (κ3) is 3.11. The van der Waals surface area contributed by atoms with Gasteiger partial charge in [-0.1, -0.05) is 43.0 Å². The molecule has 0 saturated carbocycles. The van der Waals surface area contributed by atoms with Crippen LogP contribution in [-0.4, -0.2) is 0 Å². The van der Waals surface area contributed by atoms with Crippen LogP contribution in [-0.2, 0) is 0 Å². The number of hydrogen-bond donors (Lipinski definition) is 1. The first-order valence-corrected chi connectivity index (χ1v) is 4.85. The quantitative estimate of drug-likeness (QED) is 0.460. The number of hydrogen-bond acceptors (Lipinski definition) is 2. The molecule has 78 valence electrons. The average molecular weight is 200 g/mol. The molecule has 2 nitrogen and oxygen atoms in total. The highest BCUT2D eigenvalue weighted by Gasteiger charge is 2.02. The van der Waals surface area contributed by atoms with E-state index in [9.17, 15) is 0 Å². The van der Waals surface area contributed by atoms with Crippen LogP contribution in [0.1, 0.15) is 6.92 Å². The van der Waals surface area contributed by atoms with Gasteiger partial charge in [-0.25, -0.2) is 5.84 Å². The molecule has 0 unspecified atom stereocenters. The van der Waals surface area contributed by atoms with Crippen LogP contribution in [0.3, 0.4) is 0 Å². The molecule has 15 heavy (non-hydrogen) atoms. The lowest BCUT2D eigenvalue weighted by atomic mass is 10.2. The molecular weight excluding hydrogens is 184 g/mol. The SMILES string of the molecule is C=C/C=C\C(=C/C)N(N)c1ccccc1. The Labute approximate surface area is 91.0 Å². The molecule has 0 radical (unpaired) electrons. The summed E-state index contributed by atoms with van der Waals surface area (Å²) in [6.07, 6.45) is 7.45. The van der Waals surface area contributed by atoms with Crippen LogP contribution in [0.4, 0.5) is 5.69 Å². The number of nitrogens with zero attached hydrogens (tertiary/aromatic N) is 1. The summed E-state index contributed by atoms with van der Waals surface area (Å²) in [5, 5.41) is 1.64. The number of para-hydroxylation sites is 1. The van der Waals surface area contributed by atoms with E-state index < -0.39 is 0 Å². The maximum Gasteiger partial charge on any atom is 0.0575 e. The summed E-state index contributed by atoms with van der Waals surface area (Å²) in [6.45, 7) is 5.58. The second-order valence-electron chi connectivity index (χ2n) is 3.01. The molecular formula is C13H16N2. The van der Waals surface area contributed by atoms with E-state index in [0.29, 0.717) is 0 Å². The number of nitrogens with two attached hydrogens (primary N) is 1. The molecule has 0 amide bonds. The molecule has 0 aliphatic heterocycles. The lowest BCUT2D eigenvalue weighted by molar-refractivity contribution is 1.02. The Bertz CT molecular complexity index is 363. The summed E-state index contributed by atoms with van der Waals surface area (Å²) >= 11 is 0. The van der Waals surface area contributed by atoms with Crippen LogP contribution < -0.4 is 10.9 Å². The largest absolute Gasteiger partial charge is 0.280 e. The van der Waals surface area contributed by atoms with Crippen molar-refractivity contribution in [2.24, 2.45) is 5.84 Å². The standard InChI is InChI=1S/C13H16N2/c1-3-5-9-12(4-2)15(14)13-10-7-6-8-11-13/h3-11H,1,14H2,2H3/b9-5-,12-4+. The van der Waals surface area contributed by atoms with Gasteiger partial charge in [-0.05, 0) is 25.1 Å². The van der Waals surface area contributed by atoms with Crippen LogP contribution in [0.5, 0.6) is 0 Å². The number of rotatable bonds is 4. The Kier molecular flexibility index (Phi) is 4.38. The predicted octanol–water partition coefficient (Wildman–Crippen LogP) is 3.01. The molecule has 0 saturated heterocycles. The first-order valence-electron chi connectivity index (χ1n) is 4.85. The Balaban J connectivity index is 2.88. The molecule has 1 rings (SSSR count). The van der Waals surface area contributed by atoms with Gasteiger partial charge in [0.15, 0.2) is 0 Å². The summed E-state index contributed by atoms with van der Waals surface area (Å²) < 4.78 is 0. The Morgan fingerprint density at radius 2 is 2.00 bits per heavy atom. The molecule has 1 aromatic rings. The van der Waals surface area contributed by atoms with Crippen molar-refractivity contribution < 1.29 is 0 Å². The zero-order valence-electron chi connectivity index (χ0n) is 8.93. The van der Waals surface area contributed by atoms with Crippen LogP contribution >= 0.6 is 0 Å². The first kappa shape index (κ1) is 11.3. The van der Waals surface area contributed by atoms with Gasteiger partial charge in [0.1, 0.15) is 0 Å². The van der Waals surface area contributed by atoms with E-state index in [0.717, 1.165) is 11.4 Å². The number of hydrazine groups is 1. The lowest BCUT2D eigenvalue weighted by Gasteiger charge is -2.19. The van der Waals surface area contributed by atoms with E-state index in [1.54, 1.807) is 11.1 Å².